The Bertz CT molecular complexity index is 486. The maximum absolute atomic E-state index is 11.0. The molecule has 0 aliphatic rings. The number of hydrogen-bond donors (Lipinski definition) is 1. The lowest BCUT2D eigenvalue weighted by atomic mass is 10.2. The highest BCUT2D eigenvalue weighted by molar-refractivity contribution is 7.09. The van der Waals surface area contributed by atoms with Crippen LogP contribution < -0.4 is 5.32 Å². The number of carbonyl (C=O) groups is 1. The first-order chi connectivity index (χ1) is 7.79. The molecule has 82 valence electrons. The zero-order chi connectivity index (χ0) is 11.4. The number of nitrogens with zero attached hydrogens (tertiary/aromatic N) is 2. The van der Waals surface area contributed by atoms with Gasteiger partial charge in [0.05, 0.1) is 0 Å². The molecular formula is C10H8ClN3OS. The Labute approximate surface area is 101 Å². The van der Waals surface area contributed by atoms with Crippen molar-refractivity contribution in [2.75, 3.05) is 11.2 Å². The Kier molecular flexibility index (Phi) is 3.48. The maximum Gasteiger partial charge on any atom is 0.241 e. The minimum Gasteiger partial charge on any atom is -0.293 e. The van der Waals surface area contributed by atoms with Gasteiger partial charge in [-0.05, 0) is 11.5 Å². The van der Waals surface area contributed by atoms with Crippen LogP contribution in [0.1, 0.15) is 0 Å². The van der Waals surface area contributed by atoms with Gasteiger partial charge in [-0.3, -0.25) is 10.1 Å². The smallest absolute Gasteiger partial charge is 0.241 e. The molecule has 1 heterocycles. The molecule has 0 radical (unpaired) electrons. The minimum atomic E-state index is -0.306. The van der Waals surface area contributed by atoms with Crippen LogP contribution in [-0.4, -0.2) is 21.1 Å². The molecule has 0 bridgehead atoms. The van der Waals surface area contributed by atoms with Crippen molar-refractivity contribution in [3.8, 4) is 10.6 Å². The van der Waals surface area contributed by atoms with E-state index in [4.69, 9.17) is 11.6 Å². The average Bonchev–Trinajstić information content (AvgIpc) is 2.78. The minimum absolute atomic E-state index is 0.0973. The van der Waals surface area contributed by atoms with Crippen LogP contribution in [0.5, 0.6) is 0 Å². The quantitative estimate of drug-likeness (QED) is 0.855. The van der Waals surface area contributed by atoms with E-state index < -0.39 is 0 Å². The van der Waals surface area contributed by atoms with E-state index in [0.29, 0.717) is 5.95 Å². The first kappa shape index (κ1) is 11.0. The number of amides is 1. The Morgan fingerprint density at radius 3 is 2.81 bits per heavy atom. The van der Waals surface area contributed by atoms with Gasteiger partial charge in [0.2, 0.25) is 11.9 Å². The summed E-state index contributed by atoms with van der Waals surface area (Å²) in [4.78, 5) is 15.2. The molecule has 0 spiro atoms. The van der Waals surface area contributed by atoms with E-state index in [2.05, 4.69) is 14.7 Å². The van der Waals surface area contributed by atoms with Crippen LogP contribution in [-0.2, 0) is 4.79 Å². The molecule has 0 atom stereocenters. The number of alkyl halides is 1. The van der Waals surface area contributed by atoms with Crippen molar-refractivity contribution < 1.29 is 4.79 Å². The number of rotatable bonds is 3. The summed E-state index contributed by atoms with van der Waals surface area (Å²) in [5, 5.41) is 3.27. The highest BCUT2D eigenvalue weighted by Crippen LogP contribution is 2.22. The van der Waals surface area contributed by atoms with E-state index in [1.165, 1.54) is 11.5 Å². The average molecular weight is 254 g/mol. The molecule has 2 rings (SSSR count). The lowest BCUT2D eigenvalue weighted by Crippen LogP contribution is -2.13. The van der Waals surface area contributed by atoms with Crippen molar-refractivity contribution in [3.63, 3.8) is 0 Å². The van der Waals surface area contributed by atoms with Crippen LogP contribution in [0.15, 0.2) is 30.3 Å². The zero-order valence-electron chi connectivity index (χ0n) is 8.18. The van der Waals surface area contributed by atoms with Crippen molar-refractivity contribution in [2.24, 2.45) is 0 Å². The molecule has 1 aromatic heterocycles. The van der Waals surface area contributed by atoms with E-state index in [0.717, 1.165) is 10.6 Å². The highest BCUT2D eigenvalue weighted by atomic mass is 35.5. The summed E-state index contributed by atoms with van der Waals surface area (Å²) in [6, 6.07) is 9.66. The molecule has 0 aliphatic heterocycles. The molecule has 1 N–H and O–H groups in total. The van der Waals surface area contributed by atoms with Crippen molar-refractivity contribution in [1.29, 1.82) is 0 Å². The van der Waals surface area contributed by atoms with Gasteiger partial charge in [-0.1, -0.05) is 30.3 Å². The molecule has 6 heteroatoms. The van der Waals surface area contributed by atoms with Gasteiger partial charge in [0.1, 0.15) is 10.9 Å². The number of hydrogen-bond acceptors (Lipinski definition) is 4. The number of anilines is 1. The third kappa shape index (κ3) is 2.56. The summed E-state index contributed by atoms with van der Waals surface area (Å²) in [5.41, 5.74) is 0.978. The van der Waals surface area contributed by atoms with Gasteiger partial charge in [-0.15, -0.1) is 11.6 Å². The second kappa shape index (κ2) is 5.05. The van der Waals surface area contributed by atoms with Crippen LogP contribution in [0.25, 0.3) is 10.6 Å². The van der Waals surface area contributed by atoms with Crippen molar-refractivity contribution in [2.45, 2.75) is 0 Å². The van der Waals surface area contributed by atoms with Gasteiger partial charge in [0, 0.05) is 5.56 Å². The van der Waals surface area contributed by atoms with Crippen LogP contribution in [0, 0.1) is 0 Å². The van der Waals surface area contributed by atoms with Crippen molar-refractivity contribution in [1.82, 2.24) is 9.36 Å². The Morgan fingerprint density at radius 2 is 2.12 bits per heavy atom. The monoisotopic (exact) mass is 253 g/mol. The Hall–Kier alpha value is -1.46. The topological polar surface area (TPSA) is 54.9 Å². The third-order valence-corrected chi connectivity index (χ3v) is 2.83. The number of benzene rings is 1. The fraction of sp³-hybridized carbons (Fsp3) is 0.100. The molecule has 1 amide bonds. The molecule has 0 fully saturated rings. The molecule has 4 nitrogen and oxygen atoms in total. The molecule has 16 heavy (non-hydrogen) atoms. The highest BCUT2D eigenvalue weighted by Gasteiger charge is 2.08. The van der Waals surface area contributed by atoms with E-state index in [1.54, 1.807) is 0 Å². The van der Waals surface area contributed by atoms with Gasteiger partial charge in [0.15, 0.2) is 0 Å². The Balaban J connectivity index is 2.17. The molecular weight excluding hydrogens is 246 g/mol. The second-order valence-corrected chi connectivity index (χ2v) is 3.99. The lowest BCUT2D eigenvalue weighted by molar-refractivity contribution is -0.114. The largest absolute Gasteiger partial charge is 0.293 e. The van der Waals surface area contributed by atoms with E-state index in [1.807, 2.05) is 30.3 Å². The van der Waals surface area contributed by atoms with Gasteiger partial charge < -0.3 is 0 Å². The predicted octanol–water partition coefficient (Wildman–Crippen LogP) is 2.38. The van der Waals surface area contributed by atoms with Gasteiger partial charge in [-0.25, -0.2) is 0 Å². The lowest BCUT2D eigenvalue weighted by Gasteiger charge is -1.95. The van der Waals surface area contributed by atoms with E-state index in [9.17, 15) is 4.79 Å². The first-order valence-corrected chi connectivity index (χ1v) is 5.85. The van der Waals surface area contributed by atoms with E-state index >= 15 is 0 Å². The zero-order valence-corrected chi connectivity index (χ0v) is 9.76. The van der Waals surface area contributed by atoms with Gasteiger partial charge in [0.25, 0.3) is 0 Å². The molecule has 0 unspecified atom stereocenters. The fourth-order valence-electron chi connectivity index (χ4n) is 1.13. The van der Waals surface area contributed by atoms with Crippen LogP contribution in [0.2, 0.25) is 0 Å². The fourth-order valence-corrected chi connectivity index (χ4v) is 1.83. The second-order valence-electron chi connectivity index (χ2n) is 2.97. The van der Waals surface area contributed by atoms with Gasteiger partial charge >= 0.3 is 0 Å². The van der Waals surface area contributed by atoms with Crippen LogP contribution >= 0.6 is 23.1 Å². The first-order valence-electron chi connectivity index (χ1n) is 4.54. The number of nitrogens with one attached hydrogen (secondary N) is 1. The predicted molar refractivity (Wildman–Crippen MR) is 64.7 cm³/mol. The summed E-state index contributed by atoms with van der Waals surface area (Å²) in [7, 11) is 0. The number of halogens is 1. The van der Waals surface area contributed by atoms with Gasteiger partial charge in [-0.2, -0.15) is 9.36 Å². The molecule has 1 aromatic carbocycles. The van der Waals surface area contributed by atoms with Crippen molar-refractivity contribution >= 4 is 35.0 Å². The third-order valence-electron chi connectivity index (χ3n) is 1.82. The summed E-state index contributed by atoms with van der Waals surface area (Å²) < 4.78 is 4.02. The molecule has 2 aromatic rings. The molecule has 0 aliphatic carbocycles. The summed E-state index contributed by atoms with van der Waals surface area (Å²) in [5.74, 6) is -0.103. The standard InChI is InChI=1S/C10H8ClN3OS/c11-6-8(15)12-10-13-9(16-14-10)7-4-2-1-3-5-7/h1-5H,6H2,(H,12,14,15). The molecule has 0 saturated heterocycles. The van der Waals surface area contributed by atoms with Crippen LogP contribution in [0.3, 0.4) is 0 Å². The normalized spacial score (nSPS) is 10.1. The summed E-state index contributed by atoms with van der Waals surface area (Å²) in [6.07, 6.45) is 0. The molecule has 0 saturated carbocycles. The number of aromatic nitrogens is 2. The van der Waals surface area contributed by atoms with Crippen molar-refractivity contribution in [3.05, 3.63) is 30.3 Å². The SMILES string of the molecule is O=C(CCl)Nc1nsc(-c2ccccc2)n1. The number of carbonyl (C=O) groups excluding carboxylic acids is 1. The maximum atomic E-state index is 11.0. The van der Waals surface area contributed by atoms with Crippen LogP contribution in [0.4, 0.5) is 5.95 Å². The Morgan fingerprint density at radius 1 is 1.38 bits per heavy atom. The summed E-state index contributed by atoms with van der Waals surface area (Å²) in [6.45, 7) is 0. The summed E-state index contributed by atoms with van der Waals surface area (Å²) >= 11 is 6.60. The van der Waals surface area contributed by atoms with E-state index in [-0.39, 0.29) is 11.8 Å².